The average molecular weight is 213 g/mol. The molecule has 0 fully saturated rings. The van der Waals surface area contributed by atoms with Gasteiger partial charge in [-0.3, -0.25) is 4.52 Å². The summed E-state index contributed by atoms with van der Waals surface area (Å²) in [4.78, 5) is 9.89. The lowest BCUT2D eigenvalue weighted by Crippen LogP contribution is -1.84. The van der Waals surface area contributed by atoms with Crippen LogP contribution in [0.2, 0.25) is 0 Å². The summed E-state index contributed by atoms with van der Waals surface area (Å²) in [5.74, 6) is -0.760. The minimum atomic E-state index is -0.760. The van der Waals surface area contributed by atoms with Gasteiger partial charge in [-0.05, 0) is 5.16 Å². The van der Waals surface area contributed by atoms with Crippen LogP contribution < -0.4 is 5.82 Å². The fourth-order valence-electron chi connectivity index (χ4n) is 0.179. The van der Waals surface area contributed by atoms with Crippen molar-refractivity contribution >= 4 is 22.6 Å². The van der Waals surface area contributed by atoms with E-state index in [2.05, 4.69) is 14.1 Å². The van der Waals surface area contributed by atoms with E-state index < -0.39 is 5.82 Å². The number of halogens is 1. The van der Waals surface area contributed by atoms with Crippen molar-refractivity contribution in [3.05, 3.63) is 14.5 Å². The Morgan fingerprint density at radius 3 is 2.57 bits per heavy atom. The molecule has 0 spiro atoms. The van der Waals surface area contributed by atoms with E-state index >= 15 is 0 Å². The maximum absolute atomic E-state index is 9.89. The molecule has 1 aromatic rings. The average Bonchev–Trinajstić information content (AvgIpc) is 1.87. The molecule has 0 aliphatic heterocycles. The summed E-state index contributed by atoms with van der Waals surface area (Å²) in [6, 6.07) is 0. The lowest BCUT2D eigenvalue weighted by atomic mass is 11.5. The molecule has 4 nitrogen and oxygen atoms in total. The Labute approximate surface area is 51.6 Å². The Bertz CT molecular complexity index is 201. The molecule has 0 aliphatic carbocycles. The molecule has 5 heteroatoms. The summed E-state index contributed by atoms with van der Waals surface area (Å²) in [5, 5.41) is 3.15. The minimum Gasteiger partial charge on any atom is -0.365 e. The molecule has 0 amide bonds. The second-order valence-corrected chi connectivity index (χ2v) is 1.71. The summed E-state index contributed by atoms with van der Waals surface area (Å²) in [6.45, 7) is 0. The molecule has 0 saturated carbocycles. The molecule has 7 heavy (non-hydrogen) atoms. The zero-order valence-corrected chi connectivity index (χ0v) is 5.21. The largest absolute Gasteiger partial charge is 0.542 e. The van der Waals surface area contributed by atoms with Crippen LogP contribution in [0, 0.1) is 3.90 Å². The third-order valence-electron chi connectivity index (χ3n) is 0.360. The Kier molecular flexibility index (Phi) is 1.13. The zero-order chi connectivity index (χ0) is 5.28. The molecular weight excluding hydrogens is 213 g/mol. The molecule has 1 aromatic heterocycles. The molecule has 1 heterocycles. The van der Waals surface area contributed by atoms with Gasteiger partial charge in [0.2, 0.25) is 0 Å². The van der Waals surface area contributed by atoms with Crippen molar-refractivity contribution in [3.63, 3.8) is 0 Å². The monoisotopic (exact) mass is 213 g/mol. The number of nitrogens with zero attached hydrogens (tertiary/aromatic N) is 1. The second-order valence-electron chi connectivity index (χ2n) is 0.788. The molecule has 1 rings (SSSR count). The molecule has 0 radical (unpaired) electrons. The third kappa shape index (κ3) is 1.02. The Morgan fingerprint density at radius 2 is 2.43 bits per heavy atom. The number of rotatable bonds is 0. The molecule has 0 aromatic carbocycles. The predicted octanol–water partition coefficient (Wildman–Crippen LogP) is 0.232. The van der Waals surface area contributed by atoms with E-state index in [1.54, 1.807) is 22.6 Å². The number of hydrogen-bond acceptors (Lipinski definition) is 4. The van der Waals surface area contributed by atoms with Gasteiger partial charge in [0, 0.05) is 22.6 Å². The van der Waals surface area contributed by atoms with Crippen LogP contribution in [0.4, 0.5) is 0 Å². The maximum Gasteiger partial charge on any atom is 0.542 e. The Balaban J connectivity index is 3.30. The van der Waals surface area contributed by atoms with Crippen LogP contribution in [-0.4, -0.2) is 5.16 Å². The summed E-state index contributed by atoms with van der Waals surface area (Å²) < 4.78 is 8.45. The fraction of sp³-hybridized carbons (Fsp3) is 0. The second kappa shape index (κ2) is 1.65. The lowest BCUT2D eigenvalue weighted by Gasteiger charge is -1.57. The van der Waals surface area contributed by atoms with E-state index in [-0.39, 0.29) is 3.90 Å². The predicted molar refractivity (Wildman–Crippen MR) is 27.8 cm³/mol. The first kappa shape index (κ1) is 4.82. The van der Waals surface area contributed by atoms with Gasteiger partial charge in [0.1, 0.15) is 0 Å². The van der Waals surface area contributed by atoms with E-state index in [9.17, 15) is 4.79 Å². The van der Waals surface area contributed by atoms with Crippen molar-refractivity contribution in [2.75, 3.05) is 0 Å². The topological polar surface area (TPSA) is 56.2 Å². The quantitative estimate of drug-likeness (QED) is 0.579. The van der Waals surface area contributed by atoms with Crippen molar-refractivity contribution in [3.8, 4) is 0 Å². The molecular formula is C2INO3. The van der Waals surface area contributed by atoms with Gasteiger partial charge in [0.05, 0.1) is 0 Å². The summed E-state index contributed by atoms with van der Waals surface area (Å²) in [5.41, 5.74) is 0. The standard InChI is InChI=1S/C2INO3/c3-1-4-7-2(5)6-1. The molecule has 0 saturated heterocycles. The number of aromatic nitrogens is 1. The van der Waals surface area contributed by atoms with Crippen molar-refractivity contribution in [2.45, 2.75) is 0 Å². The van der Waals surface area contributed by atoms with E-state index in [1.807, 2.05) is 0 Å². The van der Waals surface area contributed by atoms with Crippen LogP contribution in [-0.2, 0) is 0 Å². The van der Waals surface area contributed by atoms with Gasteiger partial charge in [-0.15, -0.1) is 0 Å². The first-order chi connectivity index (χ1) is 3.29. The Hall–Kier alpha value is -0.330. The third-order valence-corrected chi connectivity index (χ3v) is 0.777. The minimum absolute atomic E-state index is 0.225. The van der Waals surface area contributed by atoms with Gasteiger partial charge in [-0.2, -0.15) is 0 Å². The van der Waals surface area contributed by atoms with Gasteiger partial charge >= 0.3 is 5.82 Å². The highest BCUT2D eigenvalue weighted by atomic mass is 127. The van der Waals surface area contributed by atoms with E-state index in [0.717, 1.165) is 0 Å². The van der Waals surface area contributed by atoms with Gasteiger partial charge in [0.15, 0.2) is 0 Å². The zero-order valence-electron chi connectivity index (χ0n) is 3.05. The SMILES string of the molecule is O=c1onc(I)o1. The van der Waals surface area contributed by atoms with Gasteiger partial charge in [-0.25, -0.2) is 4.79 Å². The van der Waals surface area contributed by atoms with E-state index in [4.69, 9.17) is 0 Å². The summed E-state index contributed by atoms with van der Waals surface area (Å²) >= 11 is 1.73. The first-order valence-corrected chi connectivity index (χ1v) is 2.49. The van der Waals surface area contributed by atoms with Gasteiger partial charge < -0.3 is 4.42 Å². The van der Waals surface area contributed by atoms with E-state index in [0.29, 0.717) is 0 Å². The van der Waals surface area contributed by atoms with Crippen LogP contribution in [0.1, 0.15) is 0 Å². The van der Waals surface area contributed by atoms with Crippen molar-refractivity contribution in [1.29, 1.82) is 0 Å². The smallest absolute Gasteiger partial charge is 0.365 e. The summed E-state index contributed by atoms with van der Waals surface area (Å²) in [7, 11) is 0. The Morgan fingerprint density at radius 1 is 1.71 bits per heavy atom. The molecule has 0 bridgehead atoms. The lowest BCUT2D eigenvalue weighted by molar-refractivity contribution is 0.334. The van der Waals surface area contributed by atoms with E-state index in [1.165, 1.54) is 0 Å². The van der Waals surface area contributed by atoms with Crippen molar-refractivity contribution in [2.24, 2.45) is 0 Å². The molecule has 0 atom stereocenters. The molecule has 38 valence electrons. The fourth-order valence-corrected chi connectivity index (χ4v) is 0.457. The molecule has 0 aliphatic rings. The summed E-state index contributed by atoms with van der Waals surface area (Å²) in [6.07, 6.45) is 0. The maximum atomic E-state index is 9.89. The van der Waals surface area contributed by atoms with Gasteiger partial charge in [-0.1, -0.05) is 0 Å². The van der Waals surface area contributed by atoms with Crippen molar-refractivity contribution < 1.29 is 8.94 Å². The molecule has 0 N–H and O–H groups in total. The van der Waals surface area contributed by atoms with Gasteiger partial charge in [0.25, 0.3) is 3.90 Å². The van der Waals surface area contributed by atoms with Crippen molar-refractivity contribution in [1.82, 2.24) is 5.16 Å². The van der Waals surface area contributed by atoms with Crippen LogP contribution in [0.25, 0.3) is 0 Å². The molecule has 0 unspecified atom stereocenters. The first-order valence-electron chi connectivity index (χ1n) is 1.41. The van der Waals surface area contributed by atoms with Crippen LogP contribution in [0.5, 0.6) is 0 Å². The van der Waals surface area contributed by atoms with Crippen LogP contribution >= 0.6 is 22.6 Å². The van der Waals surface area contributed by atoms with Crippen LogP contribution in [0.3, 0.4) is 0 Å². The number of hydrogen-bond donors (Lipinski definition) is 0. The highest BCUT2D eigenvalue weighted by Gasteiger charge is 1.92. The highest BCUT2D eigenvalue weighted by Crippen LogP contribution is 1.91. The highest BCUT2D eigenvalue weighted by molar-refractivity contribution is 14.1. The normalized spacial score (nSPS) is 9.29. The van der Waals surface area contributed by atoms with Crippen LogP contribution in [0.15, 0.2) is 13.7 Å².